The number of nitrogens with one attached hydrogen (secondary N) is 2. The summed E-state index contributed by atoms with van der Waals surface area (Å²) in [6.07, 6.45) is -3.24. The lowest BCUT2D eigenvalue weighted by atomic mass is 10.1. The molecule has 140 valence electrons. The maximum atomic E-state index is 13.3. The van der Waals surface area contributed by atoms with Gasteiger partial charge < -0.3 is 10.6 Å². The van der Waals surface area contributed by atoms with E-state index < -0.39 is 24.3 Å². The fourth-order valence-corrected chi connectivity index (χ4v) is 3.27. The average Bonchev–Trinajstić information content (AvgIpc) is 2.86. The molecule has 0 saturated carbocycles. The van der Waals surface area contributed by atoms with Crippen LogP contribution in [0, 0.1) is 0 Å². The second-order valence-corrected chi connectivity index (χ2v) is 6.73. The van der Waals surface area contributed by atoms with Crippen molar-refractivity contribution >= 4 is 5.82 Å². The van der Waals surface area contributed by atoms with E-state index in [1.54, 1.807) is 0 Å². The molecule has 0 radical (unpaired) electrons. The molecule has 0 spiro atoms. The number of likely N-dealkylation sites (tertiary alicyclic amines) is 1. The topological polar surface area (TPSA) is 40.2 Å². The third-order valence-electron chi connectivity index (χ3n) is 4.52. The van der Waals surface area contributed by atoms with Crippen LogP contribution in [0.5, 0.6) is 0 Å². The first kappa shape index (κ1) is 18.3. The maximum Gasteiger partial charge on any atom is 0.433 e. The minimum absolute atomic E-state index is 0.0567. The molecule has 3 heterocycles. The van der Waals surface area contributed by atoms with Gasteiger partial charge in [-0.05, 0) is 43.6 Å². The summed E-state index contributed by atoms with van der Waals surface area (Å²) < 4.78 is 66.0. The van der Waals surface area contributed by atoms with E-state index in [9.17, 15) is 22.0 Å². The standard InChI is InChI=1S/C16H21F5N4/c17-15(18)3-6-25(10-15)9-11-7-13(16(19,20)21)24-14(8-11)23-12-1-4-22-5-2-12/h7-8,12,22H,1-6,9-10H2,(H,23,24). The molecular weight excluding hydrogens is 343 g/mol. The van der Waals surface area contributed by atoms with Gasteiger partial charge in [0.15, 0.2) is 0 Å². The van der Waals surface area contributed by atoms with Gasteiger partial charge in [-0.3, -0.25) is 4.90 Å². The number of halogens is 5. The second-order valence-electron chi connectivity index (χ2n) is 6.73. The zero-order valence-corrected chi connectivity index (χ0v) is 13.7. The number of aromatic nitrogens is 1. The van der Waals surface area contributed by atoms with Gasteiger partial charge in [0, 0.05) is 25.6 Å². The van der Waals surface area contributed by atoms with Crippen molar-refractivity contribution < 1.29 is 22.0 Å². The molecule has 3 rings (SSSR count). The van der Waals surface area contributed by atoms with Gasteiger partial charge in [0.1, 0.15) is 11.5 Å². The smallest absolute Gasteiger partial charge is 0.367 e. The summed E-state index contributed by atoms with van der Waals surface area (Å²) in [4.78, 5) is 5.15. The van der Waals surface area contributed by atoms with Crippen molar-refractivity contribution in [3.05, 3.63) is 23.4 Å². The van der Waals surface area contributed by atoms with Crippen LogP contribution in [0.25, 0.3) is 0 Å². The zero-order chi connectivity index (χ0) is 18.1. The van der Waals surface area contributed by atoms with Crippen molar-refractivity contribution in [2.75, 3.05) is 31.5 Å². The summed E-state index contributed by atoms with van der Waals surface area (Å²) in [6, 6.07) is 2.54. The summed E-state index contributed by atoms with van der Waals surface area (Å²) in [5.74, 6) is -2.61. The summed E-state index contributed by atoms with van der Waals surface area (Å²) in [5, 5.41) is 6.24. The number of pyridine rings is 1. The molecule has 2 saturated heterocycles. The van der Waals surface area contributed by atoms with E-state index in [1.165, 1.54) is 11.0 Å². The quantitative estimate of drug-likeness (QED) is 0.806. The van der Waals surface area contributed by atoms with Gasteiger partial charge in [0.05, 0.1) is 6.54 Å². The molecule has 0 unspecified atom stereocenters. The molecule has 2 fully saturated rings. The van der Waals surface area contributed by atoms with E-state index in [2.05, 4.69) is 15.6 Å². The molecule has 4 nitrogen and oxygen atoms in total. The lowest BCUT2D eigenvalue weighted by Crippen LogP contribution is -2.35. The Morgan fingerprint density at radius 3 is 2.56 bits per heavy atom. The Morgan fingerprint density at radius 1 is 1.24 bits per heavy atom. The van der Waals surface area contributed by atoms with Gasteiger partial charge >= 0.3 is 6.18 Å². The van der Waals surface area contributed by atoms with Crippen LogP contribution in [0.15, 0.2) is 12.1 Å². The fourth-order valence-electron chi connectivity index (χ4n) is 3.27. The average molecular weight is 364 g/mol. The van der Waals surface area contributed by atoms with E-state index in [4.69, 9.17) is 0 Å². The molecule has 0 bridgehead atoms. The molecule has 1 aromatic heterocycles. The highest BCUT2D eigenvalue weighted by Gasteiger charge is 2.38. The summed E-state index contributed by atoms with van der Waals surface area (Å²) in [7, 11) is 0. The van der Waals surface area contributed by atoms with Crippen LogP contribution in [-0.2, 0) is 12.7 Å². The summed E-state index contributed by atoms with van der Waals surface area (Å²) >= 11 is 0. The SMILES string of the molecule is FC1(F)CCN(Cc2cc(NC3CCNCC3)nc(C(F)(F)F)c2)C1. The number of nitrogens with zero attached hydrogens (tertiary/aromatic N) is 2. The number of hydrogen-bond donors (Lipinski definition) is 2. The van der Waals surface area contributed by atoms with Gasteiger partial charge in [-0.15, -0.1) is 0 Å². The highest BCUT2D eigenvalue weighted by atomic mass is 19.4. The number of hydrogen-bond acceptors (Lipinski definition) is 4. The van der Waals surface area contributed by atoms with Crippen LogP contribution in [0.1, 0.15) is 30.5 Å². The monoisotopic (exact) mass is 364 g/mol. The number of anilines is 1. The van der Waals surface area contributed by atoms with Crippen molar-refractivity contribution in [3.8, 4) is 0 Å². The van der Waals surface area contributed by atoms with Crippen molar-refractivity contribution in [1.82, 2.24) is 15.2 Å². The molecule has 1 aromatic rings. The number of alkyl halides is 5. The largest absolute Gasteiger partial charge is 0.433 e. The number of piperidine rings is 1. The molecule has 9 heteroatoms. The lowest BCUT2D eigenvalue weighted by Gasteiger charge is -2.25. The van der Waals surface area contributed by atoms with E-state index in [1.807, 2.05) is 0 Å². The first-order chi connectivity index (χ1) is 11.7. The third-order valence-corrected chi connectivity index (χ3v) is 4.52. The van der Waals surface area contributed by atoms with Crippen LogP contribution in [0.2, 0.25) is 0 Å². The molecule has 2 aliphatic rings. The van der Waals surface area contributed by atoms with Gasteiger partial charge in [-0.2, -0.15) is 13.2 Å². The number of rotatable bonds is 4. The zero-order valence-electron chi connectivity index (χ0n) is 13.7. The van der Waals surface area contributed by atoms with Crippen LogP contribution in [0.4, 0.5) is 27.8 Å². The van der Waals surface area contributed by atoms with Crippen molar-refractivity contribution in [1.29, 1.82) is 0 Å². The Labute approximate surface area is 142 Å². The molecule has 0 atom stereocenters. The van der Waals surface area contributed by atoms with Crippen molar-refractivity contribution in [2.45, 2.75) is 43.9 Å². The van der Waals surface area contributed by atoms with E-state index >= 15 is 0 Å². The van der Waals surface area contributed by atoms with Crippen LogP contribution < -0.4 is 10.6 Å². The van der Waals surface area contributed by atoms with Crippen LogP contribution in [-0.4, -0.2) is 48.0 Å². The van der Waals surface area contributed by atoms with Gasteiger partial charge in [0.25, 0.3) is 5.92 Å². The molecule has 0 aromatic carbocycles. The predicted octanol–water partition coefficient (Wildman–Crippen LogP) is 3.11. The van der Waals surface area contributed by atoms with Crippen LogP contribution in [0.3, 0.4) is 0 Å². The highest BCUT2D eigenvalue weighted by molar-refractivity contribution is 5.41. The van der Waals surface area contributed by atoms with Crippen LogP contribution >= 0.6 is 0 Å². The Kier molecular flexibility index (Phi) is 5.15. The molecule has 25 heavy (non-hydrogen) atoms. The summed E-state index contributed by atoms with van der Waals surface area (Å²) in [5.41, 5.74) is -0.649. The molecule has 2 aliphatic heterocycles. The van der Waals surface area contributed by atoms with Gasteiger partial charge in [0.2, 0.25) is 0 Å². The third kappa shape index (κ3) is 5.01. The predicted molar refractivity (Wildman–Crippen MR) is 83.6 cm³/mol. The van der Waals surface area contributed by atoms with Crippen molar-refractivity contribution in [2.24, 2.45) is 0 Å². The van der Waals surface area contributed by atoms with Gasteiger partial charge in [-0.25, -0.2) is 13.8 Å². The first-order valence-corrected chi connectivity index (χ1v) is 8.37. The Morgan fingerprint density at radius 2 is 1.96 bits per heavy atom. The van der Waals surface area contributed by atoms with Crippen molar-refractivity contribution in [3.63, 3.8) is 0 Å². The Bertz CT molecular complexity index is 599. The Balaban J connectivity index is 1.77. The fraction of sp³-hybridized carbons (Fsp3) is 0.688. The highest BCUT2D eigenvalue weighted by Crippen LogP contribution is 2.32. The Hall–Kier alpha value is -1.48. The molecule has 0 aliphatic carbocycles. The normalized spacial score (nSPS) is 22.3. The minimum Gasteiger partial charge on any atom is -0.367 e. The molecule has 2 N–H and O–H groups in total. The van der Waals surface area contributed by atoms with E-state index in [0.29, 0.717) is 5.56 Å². The lowest BCUT2D eigenvalue weighted by molar-refractivity contribution is -0.141. The molecular formula is C16H21F5N4. The van der Waals surface area contributed by atoms with Gasteiger partial charge in [-0.1, -0.05) is 0 Å². The van der Waals surface area contributed by atoms with E-state index in [-0.39, 0.29) is 31.4 Å². The van der Waals surface area contributed by atoms with E-state index in [0.717, 1.165) is 32.0 Å². The summed E-state index contributed by atoms with van der Waals surface area (Å²) in [6.45, 7) is 1.41. The second kappa shape index (κ2) is 7.03. The first-order valence-electron chi connectivity index (χ1n) is 8.37. The maximum absolute atomic E-state index is 13.3. The molecule has 0 amide bonds. The minimum atomic E-state index is -4.57.